The van der Waals surface area contributed by atoms with Gasteiger partial charge in [-0.25, -0.2) is 0 Å². The van der Waals surface area contributed by atoms with Crippen molar-refractivity contribution in [2.45, 2.75) is 19.4 Å². The van der Waals surface area contributed by atoms with E-state index in [2.05, 4.69) is 5.10 Å². The lowest BCUT2D eigenvalue weighted by Gasteiger charge is -2.06. The Labute approximate surface area is 79.7 Å². The van der Waals surface area contributed by atoms with Crippen LogP contribution in [0.5, 0.6) is 0 Å². The van der Waals surface area contributed by atoms with Crippen LogP contribution in [0.25, 0.3) is 0 Å². The van der Waals surface area contributed by atoms with Gasteiger partial charge in [0.1, 0.15) is 0 Å². The Bertz CT molecular complexity index is 360. The zero-order valence-corrected chi connectivity index (χ0v) is 7.58. The smallest absolute Gasteiger partial charge is 0.368 e. The van der Waals surface area contributed by atoms with Crippen molar-refractivity contribution < 1.29 is 9.72 Å². The average Bonchev–Trinajstić information content (AvgIpc) is 2.53. The van der Waals surface area contributed by atoms with E-state index in [-0.39, 0.29) is 5.82 Å². The molecule has 0 fully saturated rings. The molecule has 1 heterocycles. The highest BCUT2D eigenvalue weighted by atomic mass is 16.6. The summed E-state index contributed by atoms with van der Waals surface area (Å²) in [6.45, 7) is 1.75. The largest absolute Gasteiger partial charge is 0.389 e. The van der Waals surface area contributed by atoms with Crippen LogP contribution in [0, 0.1) is 10.1 Å². The molecule has 1 aromatic heterocycles. The summed E-state index contributed by atoms with van der Waals surface area (Å²) in [5, 5.41) is 13.9. The monoisotopic (exact) mass is 198 g/mol. The minimum atomic E-state index is -0.622. The quantitative estimate of drug-likeness (QED) is 0.552. The maximum atomic E-state index is 10.9. The van der Waals surface area contributed by atoms with E-state index in [0.717, 1.165) is 0 Å². The van der Waals surface area contributed by atoms with Gasteiger partial charge >= 0.3 is 5.82 Å². The number of hydrogen-bond acceptors (Lipinski definition) is 4. The molecule has 76 valence electrons. The summed E-state index contributed by atoms with van der Waals surface area (Å²) < 4.78 is 1.21. The van der Waals surface area contributed by atoms with Crippen LogP contribution in [0.4, 0.5) is 5.82 Å². The van der Waals surface area contributed by atoms with Gasteiger partial charge in [-0.1, -0.05) is 6.92 Å². The Morgan fingerprint density at radius 1 is 1.86 bits per heavy atom. The Hall–Kier alpha value is -1.92. The maximum Gasteiger partial charge on any atom is 0.389 e. The third kappa shape index (κ3) is 1.87. The van der Waals surface area contributed by atoms with Crippen LogP contribution in [-0.4, -0.2) is 20.6 Å². The number of aromatic nitrogens is 2. The van der Waals surface area contributed by atoms with E-state index in [1.165, 1.54) is 16.9 Å². The predicted molar refractivity (Wildman–Crippen MR) is 47.4 cm³/mol. The molecule has 0 saturated heterocycles. The summed E-state index contributed by atoms with van der Waals surface area (Å²) in [5.74, 6) is -0.838. The fourth-order valence-corrected chi connectivity index (χ4v) is 1.12. The zero-order valence-electron chi connectivity index (χ0n) is 7.58. The van der Waals surface area contributed by atoms with E-state index in [4.69, 9.17) is 5.73 Å². The Morgan fingerprint density at radius 3 is 2.86 bits per heavy atom. The second-order valence-corrected chi connectivity index (χ2v) is 2.74. The van der Waals surface area contributed by atoms with Crippen LogP contribution < -0.4 is 5.73 Å². The highest BCUT2D eigenvalue weighted by molar-refractivity contribution is 5.78. The fraction of sp³-hybridized carbons (Fsp3) is 0.429. The van der Waals surface area contributed by atoms with Crippen molar-refractivity contribution in [1.29, 1.82) is 0 Å². The molecule has 7 heteroatoms. The number of carbonyl (C=O) groups excluding carboxylic acids is 1. The van der Waals surface area contributed by atoms with E-state index in [1.54, 1.807) is 6.92 Å². The maximum absolute atomic E-state index is 10.9. The van der Waals surface area contributed by atoms with Gasteiger partial charge in [-0.05, 0) is 11.3 Å². The molecular formula is C7H10N4O3. The summed E-state index contributed by atoms with van der Waals surface area (Å²) in [7, 11) is 0. The number of nitrogens with zero attached hydrogens (tertiary/aromatic N) is 3. The second-order valence-electron chi connectivity index (χ2n) is 2.74. The molecule has 0 spiro atoms. The molecule has 0 saturated carbocycles. The number of carbonyl (C=O) groups is 1. The SMILES string of the molecule is CCC(C(N)=O)n1ccc([N+](=O)[O-])n1. The number of nitro groups is 1. The average molecular weight is 198 g/mol. The number of amides is 1. The lowest BCUT2D eigenvalue weighted by molar-refractivity contribution is -0.389. The van der Waals surface area contributed by atoms with Crippen LogP contribution in [0.15, 0.2) is 12.3 Å². The lowest BCUT2D eigenvalue weighted by atomic mass is 10.2. The van der Waals surface area contributed by atoms with Crippen molar-refractivity contribution >= 4 is 11.7 Å². The minimum absolute atomic E-state index is 0.287. The topological polar surface area (TPSA) is 104 Å². The van der Waals surface area contributed by atoms with Crippen LogP contribution in [0.1, 0.15) is 19.4 Å². The molecule has 0 aliphatic heterocycles. The molecule has 1 aromatic rings. The fourth-order valence-electron chi connectivity index (χ4n) is 1.12. The van der Waals surface area contributed by atoms with Crippen LogP contribution in [0.2, 0.25) is 0 Å². The molecule has 7 nitrogen and oxygen atoms in total. The van der Waals surface area contributed by atoms with E-state index < -0.39 is 16.9 Å². The third-order valence-corrected chi connectivity index (χ3v) is 1.82. The van der Waals surface area contributed by atoms with Gasteiger partial charge in [-0.15, -0.1) is 0 Å². The summed E-state index contributed by atoms with van der Waals surface area (Å²) in [4.78, 5) is 20.6. The zero-order chi connectivity index (χ0) is 10.7. The van der Waals surface area contributed by atoms with Crippen molar-refractivity contribution in [3.05, 3.63) is 22.4 Å². The van der Waals surface area contributed by atoms with Crippen molar-refractivity contribution in [2.24, 2.45) is 5.73 Å². The molecule has 0 bridgehead atoms. The van der Waals surface area contributed by atoms with Crippen LogP contribution in [0.3, 0.4) is 0 Å². The standard InChI is InChI=1S/C7H10N4O3/c1-2-5(7(8)12)10-4-3-6(9-10)11(13)14/h3-5H,2H2,1H3,(H2,8,12). The summed E-state index contributed by atoms with van der Waals surface area (Å²) >= 11 is 0. The van der Waals surface area contributed by atoms with Gasteiger partial charge in [0.2, 0.25) is 5.91 Å². The molecule has 14 heavy (non-hydrogen) atoms. The molecule has 2 N–H and O–H groups in total. The predicted octanol–water partition coefficient (Wildman–Crippen LogP) is 0.228. The Kier molecular flexibility index (Phi) is 2.80. The Morgan fingerprint density at radius 2 is 2.50 bits per heavy atom. The number of primary amides is 1. The first-order valence-electron chi connectivity index (χ1n) is 4.05. The molecule has 0 radical (unpaired) electrons. The number of hydrogen-bond donors (Lipinski definition) is 1. The molecule has 0 aliphatic rings. The van der Waals surface area contributed by atoms with E-state index >= 15 is 0 Å². The molecule has 0 aromatic carbocycles. The molecule has 1 unspecified atom stereocenters. The van der Waals surface area contributed by atoms with E-state index in [1.807, 2.05) is 0 Å². The molecule has 0 aliphatic carbocycles. The van der Waals surface area contributed by atoms with Crippen molar-refractivity contribution in [3.8, 4) is 0 Å². The van der Waals surface area contributed by atoms with Crippen LogP contribution >= 0.6 is 0 Å². The van der Waals surface area contributed by atoms with E-state index in [0.29, 0.717) is 6.42 Å². The Balaban J connectivity index is 2.95. The summed E-state index contributed by atoms with van der Waals surface area (Å²) in [6, 6.07) is 0.606. The van der Waals surface area contributed by atoms with Gasteiger partial charge in [0.05, 0.1) is 17.4 Å². The van der Waals surface area contributed by atoms with Gasteiger partial charge in [-0.2, -0.15) is 4.68 Å². The first-order chi connectivity index (χ1) is 6.56. The van der Waals surface area contributed by atoms with Crippen LogP contribution in [-0.2, 0) is 4.79 Å². The third-order valence-electron chi connectivity index (χ3n) is 1.82. The lowest BCUT2D eigenvalue weighted by Crippen LogP contribution is -2.26. The highest BCUT2D eigenvalue weighted by Crippen LogP contribution is 2.13. The van der Waals surface area contributed by atoms with Gasteiger partial charge < -0.3 is 15.8 Å². The molecular weight excluding hydrogens is 188 g/mol. The van der Waals surface area contributed by atoms with Gasteiger partial charge in [0.15, 0.2) is 6.04 Å². The van der Waals surface area contributed by atoms with Gasteiger partial charge in [-0.3, -0.25) is 4.79 Å². The second kappa shape index (κ2) is 3.86. The normalized spacial score (nSPS) is 12.4. The molecule has 1 amide bonds. The minimum Gasteiger partial charge on any atom is -0.368 e. The van der Waals surface area contributed by atoms with Crippen molar-refractivity contribution in [2.75, 3.05) is 0 Å². The highest BCUT2D eigenvalue weighted by Gasteiger charge is 2.21. The van der Waals surface area contributed by atoms with Crippen molar-refractivity contribution in [1.82, 2.24) is 9.78 Å². The summed E-state index contributed by atoms with van der Waals surface area (Å²) in [5.41, 5.74) is 5.09. The van der Waals surface area contributed by atoms with Gasteiger partial charge in [0, 0.05) is 0 Å². The number of nitrogens with two attached hydrogens (primary N) is 1. The summed E-state index contributed by atoms with van der Waals surface area (Å²) in [6.07, 6.45) is 1.82. The first-order valence-corrected chi connectivity index (χ1v) is 4.05. The first kappa shape index (κ1) is 10.2. The number of rotatable bonds is 4. The van der Waals surface area contributed by atoms with Crippen molar-refractivity contribution in [3.63, 3.8) is 0 Å². The molecule has 1 atom stereocenters. The van der Waals surface area contributed by atoms with E-state index in [9.17, 15) is 14.9 Å². The van der Waals surface area contributed by atoms with Gasteiger partial charge in [0.25, 0.3) is 0 Å². The molecule has 1 rings (SSSR count).